The molecule has 0 aliphatic carbocycles. The Labute approximate surface area is 180 Å². The third kappa shape index (κ3) is 3.77. The molecule has 1 amide bonds. The zero-order valence-corrected chi connectivity index (χ0v) is 17.8. The highest BCUT2D eigenvalue weighted by molar-refractivity contribution is 8.04. The normalized spacial score (nSPS) is 21.4. The van der Waals surface area contributed by atoms with Gasteiger partial charge in [0.1, 0.15) is 23.4 Å². The van der Waals surface area contributed by atoms with Crippen molar-refractivity contribution < 1.29 is 24.5 Å². The Morgan fingerprint density at radius 2 is 2.10 bits per heavy atom. The molecule has 1 saturated heterocycles. The second-order valence-corrected chi connectivity index (χ2v) is 9.02. The number of hydrogen-bond donors (Lipinski definition) is 2. The largest absolute Gasteiger partial charge is 0.488 e. The Balaban J connectivity index is 1.38. The zero-order valence-electron chi connectivity index (χ0n) is 16.1. The first kappa shape index (κ1) is 20.7. The summed E-state index contributed by atoms with van der Waals surface area (Å²) in [4.78, 5) is 25.6. The van der Waals surface area contributed by atoms with Crippen LogP contribution in [0.3, 0.4) is 0 Å². The van der Waals surface area contributed by atoms with Gasteiger partial charge >= 0.3 is 5.97 Å². The van der Waals surface area contributed by atoms with E-state index in [1.807, 2.05) is 24.3 Å². The number of carbonyl (C=O) groups is 2. The number of hydrogen-bond acceptors (Lipinski definition) is 9. The summed E-state index contributed by atoms with van der Waals surface area (Å²) in [6.07, 6.45) is -0.829. The molecule has 4 rings (SSSR count). The van der Waals surface area contributed by atoms with Gasteiger partial charge < -0.3 is 14.9 Å². The van der Waals surface area contributed by atoms with Crippen molar-refractivity contribution >= 4 is 35.4 Å². The number of fused-ring (bicyclic) bond motifs is 1. The molecule has 3 heterocycles. The van der Waals surface area contributed by atoms with Gasteiger partial charge in [-0.15, -0.1) is 5.10 Å². The molecule has 0 spiro atoms. The molecule has 2 aliphatic rings. The average Bonchev–Trinajstić information content (AvgIpc) is 3.26. The summed E-state index contributed by atoms with van der Waals surface area (Å²) in [5.41, 5.74) is 1.00. The van der Waals surface area contributed by atoms with E-state index in [1.165, 1.54) is 35.3 Å². The van der Waals surface area contributed by atoms with Crippen LogP contribution < -0.4 is 4.74 Å². The van der Waals surface area contributed by atoms with Gasteiger partial charge in [-0.2, -0.15) is 0 Å². The molecule has 158 valence electrons. The molecule has 0 saturated carbocycles. The minimum absolute atomic E-state index is 0.0395. The molecule has 0 unspecified atom stereocenters. The van der Waals surface area contributed by atoms with Gasteiger partial charge in [0.25, 0.3) is 0 Å². The molecule has 1 aromatic heterocycles. The van der Waals surface area contributed by atoms with Crippen LogP contribution in [0.1, 0.15) is 12.5 Å². The fraction of sp³-hybridized carbons (Fsp3) is 0.389. The van der Waals surface area contributed by atoms with E-state index in [0.29, 0.717) is 16.4 Å². The maximum Gasteiger partial charge on any atom is 0.353 e. The Morgan fingerprint density at radius 1 is 1.37 bits per heavy atom. The highest BCUT2D eigenvalue weighted by Crippen LogP contribution is 2.50. The van der Waals surface area contributed by atoms with Gasteiger partial charge in [0, 0.05) is 12.8 Å². The van der Waals surface area contributed by atoms with Crippen molar-refractivity contribution in [1.29, 1.82) is 0 Å². The molecule has 1 aromatic carbocycles. The Morgan fingerprint density at radius 3 is 2.70 bits per heavy atom. The van der Waals surface area contributed by atoms with E-state index in [1.54, 1.807) is 11.7 Å². The Bertz CT molecular complexity index is 1010. The van der Waals surface area contributed by atoms with Crippen molar-refractivity contribution in [3.63, 3.8) is 0 Å². The second kappa shape index (κ2) is 8.28. The maximum atomic E-state index is 12.2. The molecular formula is C18H19N5O5S2. The number of thioether (sulfide) groups is 2. The van der Waals surface area contributed by atoms with Gasteiger partial charge in [0.15, 0.2) is 0 Å². The van der Waals surface area contributed by atoms with Crippen molar-refractivity contribution in [2.24, 2.45) is 13.0 Å². The summed E-state index contributed by atoms with van der Waals surface area (Å²) < 4.78 is 7.37. The van der Waals surface area contributed by atoms with Crippen molar-refractivity contribution in [1.82, 2.24) is 25.1 Å². The van der Waals surface area contributed by atoms with Gasteiger partial charge in [-0.25, -0.2) is 9.48 Å². The fourth-order valence-corrected chi connectivity index (χ4v) is 5.60. The van der Waals surface area contributed by atoms with Crippen LogP contribution in [0.5, 0.6) is 5.75 Å². The molecule has 3 atom stereocenters. The number of ether oxygens (including phenoxy) is 1. The van der Waals surface area contributed by atoms with Crippen LogP contribution >= 0.6 is 23.5 Å². The molecule has 30 heavy (non-hydrogen) atoms. The maximum absolute atomic E-state index is 12.2. The fourth-order valence-electron chi connectivity index (χ4n) is 3.28. The van der Waals surface area contributed by atoms with E-state index < -0.39 is 23.4 Å². The van der Waals surface area contributed by atoms with Crippen LogP contribution in [0.25, 0.3) is 0 Å². The van der Waals surface area contributed by atoms with Crippen LogP contribution in [0.15, 0.2) is 40.0 Å². The zero-order chi connectivity index (χ0) is 21.4. The molecule has 0 radical (unpaired) electrons. The van der Waals surface area contributed by atoms with Gasteiger partial charge in [-0.05, 0) is 35.0 Å². The lowest BCUT2D eigenvalue weighted by atomic mass is 9.92. The lowest BCUT2D eigenvalue weighted by Crippen LogP contribution is -2.60. The SMILES string of the molecule is C[C@@H](O)[C@H]1C(=O)N2C(C(=O)O)=C(COc3ccc(CSc4nnnn4C)cc3)S[C@H]12. The summed E-state index contributed by atoms with van der Waals surface area (Å²) >= 11 is 2.77. The molecule has 2 aliphatic heterocycles. The molecule has 10 nitrogen and oxygen atoms in total. The second-order valence-electron chi connectivity index (χ2n) is 6.87. The highest BCUT2D eigenvalue weighted by atomic mass is 32.2. The first-order valence-electron chi connectivity index (χ1n) is 9.08. The van der Waals surface area contributed by atoms with Gasteiger partial charge in [-0.3, -0.25) is 9.69 Å². The monoisotopic (exact) mass is 449 g/mol. The summed E-state index contributed by atoms with van der Waals surface area (Å²) in [6.45, 7) is 1.58. The number of carboxylic acids is 1. The standard InChI is InChI=1S/C18H19N5O5S2/c1-9(24)13-15(25)23-14(17(26)27)12(30-16(13)23)7-28-11-5-3-10(4-6-11)8-29-18-19-20-21-22(18)2/h3-6,9,13,16,24H,7-8H2,1-2H3,(H,26,27)/t9-,13+,16-/m1/s1. The highest BCUT2D eigenvalue weighted by Gasteiger charge is 2.57. The van der Waals surface area contributed by atoms with Crippen molar-refractivity contribution in [3.05, 3.63) is 40.4 Å². The number of nitrogens with zero attached hydrogens (tertiary/aromatic N) is 5. The van der Waals surface area contributed by atoms with Crippen molar-refractivity contribution in [2.45, 2.75) is 29.3 Å². The number of aliphatic hydroxyl groups excluding tert-OH is 1. The van der Waals surface area contributed by atoms with Crippen molar-refractivity contribution in [2.75, 3.05) is 6.61 Å². The van der Waals surface area contributed by atoms with Crippen LogP contribution in [0.2, 0.25) is 0 Å². The van der Waals surface area contributed by atoms with Crippen LogP contribution in [0, 0.1) is 5.92 Å². The van der Waals surface area contributed by atoms with Gasteiger partial charge in [-0.1, -0.05) is 35.7 Å². The smallest absolute Gasteiger partial charge is 0.353 e. The molecule has 12 heteroatoms. The summed E-state index contributed by atoms with van der Waals surface area (Å²) in [7, 11) is 1.78. The van der Waals surface area contributed by atoms with E-state index >= 15 is 0 Å². The van der Waals surface area contributed by atoms with E-state index in [-0.39, 0.29) is 18.2 Å². The minimum atomic E-state index is -1.17. The van der Waals surface area contributed by atoms with Crippen molar-refractivity contribution in [3.8, 4) is 5.75 Å². The number of aliphatic hydroxyl groups is 1. The molecule has 0 bridgehead atoms. The topological polar surface area (TPSA) is 131 Å². The number of amides is 1. The molecule has 2 aromatic rings. The predicted molar refractivity (Wildman–Crippen MR) is 108 cm³/mol. The number of aromatic nitrogens is 4. The summed E-state index contributed by atoms with van der Waals surface area (Å²) in [6, 6.07) is 7.45. The number of rotatable bonds is 8. The van der Waals surface area contributed by atoms with Crippen LogP contribution in [-0.2, 0) is 22.4 Å². The van der Waals surface area contributed by atoms with Gasteiger partial charge in [0.2, 0.25) is 11.1 Å². The number of benzene rings is 1. The van der Waals surface area contributed by atoms with E-state index in [4.69, 9.17) is 4.74 Å². The first-order valence-corrected chi connectivity index (χ1v) is 10.9. The molecular weight excluding hydrogens is 430 g/mol. The minimum Gasteiger partial charge on any atom is -0.488 e. The third-order valence-corrected chi connectivity index (χ3v) is 7.24. The average molecular weight is 450 g/mol. The quantitative estimate of drug-likeness (QED) is 0.446. The lowest BCUT2D eigenvalue weighted by Gasteiger charge is -2.43. The number of aliphatic carboxylic acids is 1. The Kier molecular flexibility index (Phi) is 5.71. The van der Waals surface area contributed by atoms with Crippen LogP contribution in [-0.4, -0.2) is 65.3 Å². The number of carbonyl (C=O) groups excluding carboxylic acids is 1. The number of aryl methyl sites for hydroxylation is 1. The van der Waals surface area contributed by atoms with Crippen LogP contribution in [0.4, 0.5) is 0 Å². The van der Waals surface area contributed by atoms with E-state index in [9.17, 15) is 19.8 Å². The van der Waals surface area contributed by atoms with E-state index in [2.05, 4.69) is 15.5 Å². The molecule has 1 fully saturated rings. The van der Waals surface area contributed by atoms with Gasteiger partial charge in [0.05, 0.1) is 16.9 Å². The summed E-state index contributed by atoms with van der Waals surface area (Å²) in [5.74, 6) is -0.850. The lowest BCUT2D eigenvalue weighted by molar-refractivity contribution is -0.156. The number of tetrazole rings is 1. The van der Waals surface area contributed by atoms with E-state index in [0.717, 1.165) is 10.7 Å². The molecule has 2 N–H and O–H groups in total. The first-order chi connectivity index (χ1) is 14.4. The third-order valence-electron chi connectivity index (χ3n) is 4.82. The predicted octanol–water partition coefficient (Wildman–Crippen LogP) is 1.09. The summed E-state index contributed by atoms with van der Waals surface area (Å²) in [5, 5.41) is 31.0. The number of carboxylic acid groups (broad SMARTS) is 1. The number of β-lactam (4-membered cyclic amide) rings is 1. The Hall–Kier alpha value is -2.57.